The molecule has 0 bridgehead atoms. The van der Waals surface area contributed by atoms with Crippen LogP contribution >= 0.6 is 0 Å². The fourth-order valence-corrected chi connectivity index (χ4v) is 1.89. The molecule has 0 radical (unpaired) electrons. The summed E-state index contributed by atoms with van der Waals surface area (Å²) in [5, 5.41) is 0. The number of benzene rings is 1. The molecule has 0 fully saturated rings. The molecule has 0 spiro atoms. The molecule has 0 aliphatic heterocycles. The van der Waals surface area contributed by atoms with Gasteiger partial charge in [-0.05, 0) is 0 Å². The molecule has 22 heavy (non-hydrogen) atoms. The molecule has 0 aromatic heterocycles. The van der Waals surface area contributed by atoms with E-state index in [0.717, 1.165) is 6.08 Å². The van der Waals surface area contributed by atoms with Crippen molar-refractivity contribution in [1.82, 2.24) is 0 Å². The first-order valence-electron chi connectivity index (χ1n) is 5.30. The highest BCUT2D eigenvalue weighted by Crippen LogP contribution is 2.29. The van der Waals surface area contributed by atoms with Gasteiger partial charge in [-0.2, -0.15) is 17.2 Å². The minimum Gasteiger partial charge on any atom is -0.419 e. The Labute approximate surface area is 121 Å². The van der Waals surface area contributed by atoms with Gasteiger partial charge in [0, 0.05) is 0 Å². The molecule has 0 aliphatic rings. The predicted octanol–water partition coefficient (Wildman–Crippen LogP) is 1.82. The number of rotatable bonds is 6. The monoisotopic (exact) mass is 346 g/mol. The Morgan fingerprint density at radius 3 is 1.91 bits per heavy atom. The third kappa shape index (κ3) is 4.01. The molecule has 1 aromatic rings. The first-order chi connectivity index (χ1) is 10.1. The molecule has 0 saturated carbocycles. The minimum atomic E-state index is -4.47. The van der Waals surface area contributed by atoms with Gasteiger partial charge in [0.15, 0.2) is 5.75 Å². The number of hydrogen-bond donors (Lipinski definition) is 0. The Hall–Kier alpha value is -2.01. The van der Waals surface area contributed by atoms with Crippen molar-refractivity contribution in [2.24, 2.45) is 0 Å². The zero-order valence-corrected chi connectivity index (χ0v) is 11.4. The zero-order chi connectivity index (χ0) is 17.1. The normalized spacial score (nSPS) is 11.3. The van der Waals surface area contributed by atoms with E-state index in [0.29, 0.717) is 0 Å². The average molecular weight is 346 g/mol. The summed E-state index contributed by atoms with van der Waals surface area (Å²) >= 11 is 0. The summed E-state index contributed by atoms with van der Waals surface area (Å²) in [5.74, 6) is -17.1. The lowest BCUT2D eigenvalue weighted by Crippen LogP contribution is -2.24. The average Bonchev–Trinajstić information content (AvgIpc) is 2.45. The van der Waals surface area contributed by atoms with Crippen LogP contribution in [0.1, 0.15) is 0 Å². The van der Waals surface area contributed by atoms with E-state index in [2.05, 4.69) is 15.5 Å². The van der Waals surface area contributed by atoms with Crippen LogP contribution in [0.4, 0.5) is 22.0 Å². The number of hydrogen-bond acceptors (Lipinski definition) is 5. The van der Waals surface area contributed by atoms with Crippen LogP contribution in [0.3, 0.4) is 0 Å². The maximum absolute atomic E-state index is 13.2. The molecule has 0 unspecified atom stereocenters. The van der Waals surface area contributed by atoms with Crippen molar-refractivity contribution in [2.75, 3.05) is 12.4 Å². The SMILES string of the molecule is C=CCOS(=O)(=O)CC(=O)Oc1c(F)c(F)c(F)c(F)c1F. The van der Waals surface area contributed by atoms with Gasteiger partial charge in [0.05, 0.1) is 6.61 Å². The van der Waals surface area contributed by atoms with Crippen LogP contribution in [0.2, 0.25) is 0 Å². The van der Waals surface area contributed by atoms with E-state index in [4.69, 9.17) is 0 Å². The highest BCUT2D eigenvalue weighted by molar-refractivity contribution is 7.87. The molecule has 0 saturated heterocycles. The van der Waals surface area contributed by atoms with Gasteiger partial charge < -0.3 is 4.74 Å². The maximum Gasteiger partial charge on any atom is 0.329 e. The van der Waals surface area contributed by atoms with Gasteiger partial charge in [-0.25, -0.2) is 13.2 Å². The lowest BCUT2D eigenvalue weighted by molar-refractivity contribution is -0.132. The smallest absolute Gasteiger partial charge is 0.329 e. The number of ether oxygens (including phenoxy) is 1. The standard InChI is InChI=1S/C11H7F5O5S/c1-2-3-20-22(18,19)4-5(17)21-11-9(15)7(13)6(12)8(14)10(11)16/h2H,1,3-4H2. The van der Waals surface area contributed by atoms with E-state index in [1.807, 2.05) is 0 Å². The number of carbonyl (C=O) groups is 1. The van der Waals surface area contributed by atoms with Crippen molar-refractivity contribution < 1.29 is 44.1 Å². The highest BCUT2D eigenvalue weighted by atomic mass is 32.2. The number of esters is 1. The third-order valence-corrected chi connectivity index (χ3v) is 3.13. The van der Waals surface area contributed by atoms with Gasteiger partial charge in [-0.3, -0.25) is 8.98 Å². The summed E-state index contributed by atoms with van der Waals surface area (Å²) in [7, 11) is -4.47. The van der Waals surface area contributed by atoms with Crippen molar-refractivity contribution in [2.45, 2.75) is 0 Å². The van der Waals surface area contributed by atoms with Crippen molar-refractivity contribution in [3.8, 4) is 5.75 Å². The fourth-order valence-electron chi connectivity index (χ4n) is 1.16. The van der Waals surface area contributed by atoms with Crippen molar-refractivity contribution in [1.29, 1.82) is 0 Å². The van der Waals surface area contributed by atoms with Crippen LogP contribution in [0.5, 0.6) is 5.75 Å². The largest absolute Gasteiger partial charge is 0.419 e. The first-order valence-corrected chi connectivity index (χ1v) is 6.88. The van der Waals surface area contributed by atoms with Gasteiger partial charge in [-0.15, -0.1) is 6.58 Å². The summed E-state index contributed by atoms with van der Waals surface area (Å²) in [6.45, 7) is 2.65. The first kappa shape index (κ1) is 18.0. The second kappa shape index (κ2) is 6.83. The molecule has 122 valence electrons. The van der Waals surface area contributed by atoms with Crippen LogP contribution in [0.15, 0.2) is 12.7 Å². The molecule has 5 nitrogen and oxygen atoms in total. The Morgan fingerprint density at radius 2 is 1.45 bits per heavy atom. The lowest BCUT2D eigenvalue weighted by Gasteiger charge is -2.09. The van der Waals surface area contributed by atoms with Crippen LogP contribution in [-0.4, -0.2) is 26.7 Å². The Kier molecular flexibility index (Phi) is 5.60. The summed E-state index contributed by atoms with van der Waals surface area (Å²) in [6.07, 6.45) is 1.03. The molecule has 0 amide bonds. The molecule has 0 atom stereocenters. The number of carbonyl (C=O) groups excluding carboxylic acids is 1. The zero-order valence-electron chi connectivity index (χ0n) is 10.5. The van der Waals surface area contributed by atoms with Crippen molar-refractivity contribution in [3.05, 3.63) is 41.7 Å². The van der Waals surface area contributed by atoms with Gasteiger partial charge in [0.25, 0.3) is 10.1 Å². The molecule has 0 N–H and O–H groups in total. The summed E-state index contributed by atoms with van der Waals surface area (Å²) in [5.41, 5.74) is 0. The van der Waals surface area contributed by atoms with Crippen LogP contribution in [-0.2, 0) is 19.1 Å². The quantitative estimate of drug-likeness (QED) is 0.149. The van der Waals surface area contributed by atoms with E-state index in [9.17, 15) is 35.2 Å². The van der Waals surface area contributed by atoms with E-state index < -0.39 is 63.3 Å². The van der Waals surface area contributed by atoms with Gasteiger partial charge in [0.1, 0.15) is 0 Å². The summed E-state index contributed by atoms with van der Waals surface area (Å²) in [6, 6.07) is 0. The van der Waals surface area contributed by atoms with Gasteiger partial charge in [-0.1, -0.05) is 6.08 Å². The Morgan fingerprint density at radius 1 is 1.00 bits per heavy atom. The lowest BCUT2D eigenvalue weighted by atomic mass is 10.2. The van der Waals surface area contributed by atoms with Crippen molar-refractivity contribution in [3.63, 3.8) is 0 Å². The molecular weight excluding hydrogens is 339 g/mol. The van der Waals surface area contributed by atoms with Crippen LogP contribution in [0.25, 0.3) is 0 Å². The molecular formula is C11H7F5O5S. The van der Waals surface area contributed by atoms with E-state index in [1.165, 1.54) is 0 Å². The minimum absolute atomic E-state index is 0.488. The molecule has 11 heteroatoms. The molecule has 1 aromatic carbocycles. The predicted molar refractivity (Wildman–Crippen MR) is 61.8 cm³/mol. The topological polar surface area (TPSA) is 69.7 Å². The fraction of sp³-hybridized carbons (Fsp3) is 0.182. The van der Waals surface area contributed by atoms with E-state index in [1.54, 1.807) is 0 Å². The molecule has 0 heterocycles. The van der Waals surface area contributed by atoms with Crippen molar-refractivity contribution >= 4 is 16.1 Å². The van der Waals surface area contributed by atoms with E-state index in [-0.39, 0.29) is 0 Å². The van der Waals surface area contributed by atoms with E-state index >= 15 is 0 Å². The maximum atomic E-state index is 13.2. The van der Waals surface area contributed by atoms with Crippen LogP contribution < -0.4 is 4.74 Å². The summed E-state index contributed by atoms with van der Waals surface area (Å²) in [4.78, 5) is 11.2. The second-order valence-electron chi connectivity index (χ2n) is 3.65. The summed E-state index contributed by atoms with van der Waals surface area (Å²) < 4.78 is 95.3. The number of halogens is 5. The Bertz CT molecular complexity index is 687. The molecule has 0 aliphatic carbocycles. The highest BCUT2D eigenvalue weighted by Gasteiger charge is 2.29. The second-order valence-corrected chi connectivity index (χ2v) is 5.29. The third-order valence-electron chi connectivity index (χ3n) is 2.05. The van der Waals surface area contributed by atoms with Crippen LogP contribution in [0, 0.1) is 29.1 Å². The van der Waals surface area contributed by atoms with Gasteiger partial charge in [0.2, 0.25) is 34.8 Å². The Balaban J connectivity index is 3.01. The molecule has 1 rings (SSSR count). The van der Waals surface area contributed by atoms with Gasteiger partial charge >= 0.3 is 5.97 Å².